The van der Waals surface area contributed by atoms with Gasteiger partial charge in [0.15, 0.2) is 5.13 Å². The lowest BCUT2D eigenvalue weighted by Crippen LogP contribution is -2.40. The molecule has 4 N–H and O–H groups in total. The molecule has 0 aliphatic heterocycles. The van der Waals surface area contributed by atoms with Gasteiger partial charge < -0.3 is 16.4 Å². The Labute approximate surface area is 105 Å². The number of nitrogens with zero attached hydrogens (tertiary/aromatic N) is 1. The number of nitrogens with one attached hydrogen (secondary N) is 2. The van der Waals surface area contributed by atoms with Gasteiger partial charge in [-0.2, -0.15) is 0 Å². The molecule has 1 aromatic rings. The van der Waals surface area contributed by atoms with Gasteiger partial charge in [0.1, 0.15) is 10.7 Å². The van der Waals surface area contributed by atoms with Crippen LogP contribution in [0.1, 0.15) is 35.9 Å². The van der Waals surface area contributed by atoms with Crippen molar-refractivity contribution in [3.05, 3.63) is 4.88 Å². The Morgan fingerprint density at radius 1 is 1.59 bits per heavy atom. The summed E-state index contributed by atoms with van der Waals surface area (Å²) in [6, 6.07) is 0.218. The Balaban J connectivity index is 2.00. The second-order valence-corrected chi connectivity index (χ2v) is 5.44. The van der Waals surface area contributed by atoms with Crippen LogP contribution in [-0.4, -0.2) is 24.0 Å². The van der Waals surface area contributed by atoms with Crippen molar-refractivity contribution in [1.29, 1.82) is 0 Å². The summed E-state index contributed by atoms with van der Waals surface area (Å²) >= 11 is 1.29. The number of amides is 1. The molecule has 94 valence electrons. The third-order valence-electron chi connectivity index (χ3n) is 3.29. The van der Waals surface area contributed by atoms with Crippen LogP contribution in [0.5, 0.6) is 0 Å². The van der Waals surface area contributed by atoms with Crippen LogP contribution in [0, 0.1) is 5.92 Å². The highest BCUT2D eigenvalue weighted by Gasteiger charge is 2.26. The fourth-order valence-corrected chi connectivity index (χ4v) is 2.67. The molecule has 17 heavy (non-hydrogen) atoms. The molecule has 0 saturated heterocycles. The van der Waals surface area contributed by atoms with Gasteiger partial charge in [-0.1, -0.05) is 17.8 Å². The molecule has 2 rings (SSSR count). The first kappa shape index (κ1) is 12.2. The maximum Gasteiger partial charge on any atom is 0.265 e. The second-order valence-electron chi connectivity index (χ2n) is 4.44. The van der Waals surface area contributed by atoms with E-state index in [2.05, 4.69) is 22.5 Å². The summed E-state index contributed by atoms with van der Waals surface area (Å²) in [5.74, 6) is 0.815. The molecule has 1 aliphatic carbocycles. The van der Waals surface area contributed by atoms with Gasteiger partial charge in [-0.05, 0) is 25.7 Å². The average molecular weight is 254 g/mol. The number of carbonyl (C=O) groups is 1. The quantitative estimate of drug-likeness (QED) is 0.764. The highest BCUT2D eigenvalue weighted by atomic mass is 32.1. The minimum atomic E-state index is -0.110. The van der Waals surface area contributed by atoms with Crippen molar-refractivity contribution in [1.82, 2.24) is 10.3 Å². The molecule has 0 bridgehead atoms. The molecule has 6 heteroatoms. The first-order chi connectivity index (χ1) is 8.11. The van der Waals surface area contributed by atoms with Gasteiger partial charge >= 0.3 is 0 Å². The van der Waals surface area contributed by atoms with Gasteiger partial charge in [0.25, 0.3) is 5.91 Å². The molecular weight excluding hydrogens is 236 g/mol. The summed E-state index contributed by atoms with van der Waals surface area (Å²) in [4.78, 5) is 16.6. The summed E-state index contributed by atoms with van der Waals surface area (Å²) in [6.07, 6.45) is 3.69. The van der Waals surface area contributed by atoms with Gasteiger partial charge in [-0.15, -0.1) is 0 Å². The zero-order valence-corrected chi connectivity index (χ0v) is 10.9. The summed E-state index contributed by atoms with van der Waals surface area (Å²) in [5.41, 5.74) is 5.71. The molecule has 1 aromatic heterocycles. The third-order valence-corrected chi connectivity index (χ3v) is 4.38. The molecule has 1 heterocycles. The van der Waals surface area contributed by atoms with Crippen LogP contribution in [0.4, 0.5) is 10.9 Å². The van der Waals surface area contributed by atoms with Crippen molar-refractivity contribution < 1.29 is 4.79 Å². The standard InChI is InChI=1S/C11H18N4OS/c1-6(7-4-3-5-7)14-10(16)8-9(12)15-11(13-2)17-8/h6-7H,3-5,12H2,1-2H3,(H,13,15)(H,14,16). The van der Waals surface area contributed by atoms with Crippen LogP contribution in [0.25, 0.3) is 0 Å². The summed E-state index contributed by atoms with van der Waals surface area (Å²) in [7, 11) is 1.76. The normalized spacial score (nSPS) is 17.3. The highest BCUT2D eigenvalue weighted by Crippen LogP contribution is 2.30. The molecule has 1 atom stereocenters. The molecule has 1 aliphatic rings. The fourth-order valence-electron chi connectivity index (χ4n) is 1.93. The number of anilines is 2. The number of nitrogen functional groups attached to an aromatic ring is 1. The predicted molar refractivity (Wildman–Crippen MR) is 70.3 cm³/mol. The zero-order chi connectivity index (χ0) is 12.4. The number of carbonyl (C=O) groups excluding carboxylic acids is 1. The van der Waals surface area contributed by atoms with E-state index < -0.39 is 0 Å². The lowest BCUT2D eigenvalue weighted by Gasteiger charge is -2.31. The number of hydrogen-bond acceptors (Lipinski definition) is 5. The van der Waals surface area contributed by atoms with Gasteiger partial charge in [0, 0.05) is 13.1 Å². The van der Waals surface area contributed by atoms with Crippen LogP contribution in [0.15, 0.2) is 0 Å². The van der Waals surface area contributed by atoms with Crippen molar-refractivity contribution >= 4 is 28.2 Å². The van der Waals surface area contributed by atoms with E-state index in [4.69, 9.17) is 5.73 Å². The fraction of sp³-hybridized carbons (Fsp3) is 0.636. The maximum atomic E-state index is 12.0. The van der Waals surface area contributed by atoms with Crippen LogP contribution in [0.3, 0.4) is 0 Å². The highest BCUT2D eigenvalue weighted by molar-refractivity contribution is 7.18. The van der Waals surface area contributed by atoms with E-state index in [1.54, 1.807) is 7.05 Å². The molecule has 0 spiro atoms. The lowest BCUT2D eigenvalue weighted by atomic mass is 9.80. The van der Waals surface area contributed by atoms with Crippen LogP contribution >= 0.6 is 11.3 Å². The van der Waals surface area contributed by atoms with E-state index in [0.717, 1.165) is 0 Å². The first-order valence-electron chi connectivity index (χ1n) is 5.86. The SMILES string of the molecule is CNc1nc(N)c(C(=O)NC(C)C2CCC2)s1. The van der Waals surface area contributed by atoms with E-state index >= 15 is 0 Å². The number of hydrogen-bond donors (Lipinski definition) is 3. The molecule has 0 radical (unpaired) electrons. The van der Waals surface area contributed by atoms with Crippen molar-refractivity contribution in [3.8, 4) is 0 Å². The lowest BCUT2D eigenvalue weighted by molar-refractivity contribution is 0.0914. The van der Waals surface area contributed by atoms with Crippen molar-refractivity contribution in [3.63, 3.8) is 0 Å². The molecule has 0 aromatic carbocycles. The van der Waals surface area contributed by atoms with E-state index in [9.17, 15) is 4.79 Å². The topological polar surface area (TPSA) is 80.0 Å². The number of aromatic nitrogens is 1. The van der Waals surface area contributed by atoms with Gasteiger partial charge in [-0.3, -0.25) is 4.79 Å². The van der Waals surface area contributed by atoms with Crippen molar-refractivity contribution in [2.75, 3.05) is 18.1 Å². The minimum Gasteiger partial charge on any atom is -0.382 e. The Morgan fingerprint density at radius 3 is 2.76 bits per heavy atom. The molecule has 1 amide bonds. The van der Waals surface area contributed by atoms with Gasteiger partial charge in [-0.25, -0.2) is 4.98 Å². The minimum absolute atomic E-state index is 0.110. The smallest absolute Gasteiger partial charge is 0.265 e. The predicted octanol–water partition coefficient (Wildman–Crippen LogP) is 1.69. The third kappa shape index (κ3) is 2.52. The molecule has 1 fully saturated rings. The Hall–Kier alpha value is -1.30. The zero-order valence-electron chi connectivity index (χ0n) is 10.1. The summed E-state index contributed by atoms with van der Waals surface area (Å²) in [5, 5.41) is 6.56. The molecular formula is C11H18N4OS. The summed E-state index contributed by atoms with van der Waals surface area (Å²) in [6.45, 7) is 2.05. The largest absolute Gasteiger partial charge is 0.382 e. The Kier molecular flexibility index (Phi) is 3.51. The molecule has 5 nitrogen and oxygen atoms in total. The van der Waals surface area contributed by atoms with Gasteiger partial charge in [0.2, 0.25) is 0 Å². The van der Waals surface area contributed by atoms with E-state index in [1.807, 2.05) is 0 Å². The monoisotopic (exact) mass is 254 g/mol. The van der Waals surface area contributed by atoms with Crippen LogP contribution in [0.2, 0.25) is 0 Å². The second kappa shape index (κ2) is 4.91. The maximum absolute atomic E-state index is 12.0. The van der Waals surface area contributed by atoms with Crippen molar-refractivity contribution in [2.24, 2.45) is 5.92 Å². The number of thiazole rings is 1. The van der Waals surface area contributed by atoms with Gasteiger partial charge in [0.05, 0.1) is 0 Å². The first-order valence-corrected chi connectivity index (χ1v) is 6.68. The Morgan fingerprint density at radius 2 is 2.29 bits per heavy atom. The molecule has 1 saturated carbocycles. The summed E-state index contributed by atoms with van der Waals surface area (Å²) < 4.78 is 0. The van der Waals surface area contributed by atoms with E-state index in [1.165, 1.54) is 30.6 Å². The van der Waals surface area contributed by atoms with Crippen molar-refractivity contribution in [2.45, 2.75) is 32.2 Å². The van der Waals surface area contributed by atoms with E-state index in [-0.39, 0.29) is 11.9 Å². The average Bonchev–Trinajstić information content (AvgIpc) is 2.56. The Bertz CT molecular complexity index is 414. The number of rotatable bonds is 4. The van der Waals surface area contributed by atoms with Crippen LogP contribution in [-0.2, 0) is 0 Å². The number of nitrogens with two attached hydrogens (primary N) is 1. The van der Waals surface area contributed by atoms with Crippen LogP contribution < -0.4 is 16.4 Å². The van der Waals surface area contributed by atoms with E-state index in [0.29, 0.717) is 21.7 Å². The molecule has 1 unspecified atom stereocenters.